The molecule has 0 radical (unpaired) electrons. The number of carbonyl (C=O) groups excluding carboxylic acids is 1. The Balaban J connectivity index is 1.71. The number of hydrogen-bond donors (Lipinski definition) is 1. The fourth-order valence-corrected chi connectivity index (χ4v) is 3.12. The van der Waals surface area contributed by atoms with Gasteiger partial charge in [0.2, 0.25) is 5.91 Å². The third kappa shape index (κ3) is 5.43. The zero-order valence-corrected chi connectivity index (χ0v) is 14.1. The van der Waals surface area contributed by atoms with E-state index in [4.69, 9.17) is 0 Å². The molecule has 2 rings (SSSR count). The molecule has 0 bridgehead atoms. The maximum Gasteiger partial charge on any atom is 0.233 e. The van der Waals surface area contributed by atoms with Crippen LogP contribution >= 0.6 is 0 Å². The van der Waals surface area contributed by atoms with Gasteiger partial charge in [-0.15, -0.1) is 0 Å². The molecule has 0 unspecified atom stereocenters. The zero-order chi connectivity index (χ0) is 15.9. The fraction of sp³-hybridized carbons (Fsp3) is 0.611. The van der Waals surface area contributed by atoms with Crippen molar-refractivity contribution in [3.05, 3.63) is 35.4 Å². The minimum Gasteiger partial charge on any atom is -0.358 e. The predicted molar refractivity (Wildman–Crippen MR) is 90.7 cm³/mol. The summed E-state index contributed by atoms with van der Waals surface area (Å²) < 4.78 is 0. The van der Waals surface area contributed by atoms with Crippen LogP contribution < -0.4 is 5.32 Å². The molecule has 22 heavy (non-hydrogen) atoms. The summed E-state index contributed by atoms with van der Waals surface area (Å²) in [6.45, 7) is 6.90. The Morgan fingerprint density at radius 1 is 1.27 bits per heavy atom. The van der Waals surface area contributed by atoms with Gasteiger partial charge in [-0.3, -0.25) is 9.69 Å². The highest BCUT2D eigenvalue weighted by Gasteiger charge is 2.21. The van der Waals surface area contributed by atoms with Crippen LogP contribution in [0.4, 0.5) is 0 Å². The molecule has 1 aromatic rings. The van der Waals surface area contributed by atoms with Crippen molar-refractivity contribution in [3.63, 3.8) is 0 Å². The Hall–Kier alpha value is -1.39. The molecular formula is C18H29N3O. The van der Waals surface area contributed by atoms with E-state index in [2.05, 4.69) is 53.4 Å². The fourth-order valence-electron chi connectivity index (χ4n) is 3.12. The first-order chi connectivity index (χ1) is 10.6. The average molecular weight is 303 g/mol. The van der Waals surface area contributed by atoms with E-state index in [0.717, 1.165) is 32.1 Å². The second kappa shape index (κ2) is 8.30. The lowest BCUT2D eigenvalue weighted by atomic mass is 9.96. The number of likely N-dealkylation sites (tertiary alicyclic amines) is 1. The van der Waals surface area contributed by atoms with E-state index >= 15 is 0 Å². The topological polar surface area (TPSA) is 35.6 Å². The summed E-state index contributed by atoms with van der Waals surface area (Å²) in [6.07, 6.45) is 2.38. The van der Waals surface area contributed by atoms with Crippen molar-refractivity contribution in [2.75, 3.05) is 40.3 Å². The standard InChI is InChI=1S/C18H29N3O/c1-15-4-6-16(7-5-15)12-20(3)13-17-8-10-21(11-9-17)14-18(22)19-2/h4-7,17H,8-14H2,1-3H3,(H,19,22). The number of aryl methyl sites for hydroxylation is 1. The lowest BCUT2D eigenvalue weighted by Gasteiger charge is -2.33. The first kappa shape index (κ1) is 17.0. The van der Waals surface area contributed by atoms with Gasteiger partial charge < -0.3 is 10.2 Å². The van der Waals surface area contributed by atoms with E-state index in [1.807, 2.05) is 0 Å². The van der Waals surface area contributed by atoms with Crippen LogP contribution in [0.15, 0.2) is 24.3 Å². The second-order valence-corrected chi connectivity index (χ2v) is 6.58. The first-order valence-electron chi connectivity index (χ1n) is 8.24. The zero-order valence-electron chi connectivity index (χ0n) is 14.1. The normalized spacial score (nSPS) is 16.9. The summed E-state index contributed by atoms with van der Waals surface area (Å²) in [4.78, 5) is 16.1. The van der Waals surface area contributed by atoms with E-state index in [1.165, 1.54) is 24.0 Å². The van der Waals surface area contributed by atoms with Gasteiger partial charge in [-0.2, -0.15) is 0 Å². The molecule has 0 aliphatic carbocycles. The third-order valence-electron chi connectivity index (χ3n) is 4.50. The Morgan fingerprint density at radius 3 is 2.50 bits per heavy atom. The predicted octanol–water partition coefficient (Wildman–Crippen LogP) is 1.88. The monoisotopic (exact) mass is 303 g/mol. The van der Waals surface area contributed by atoms with Gasteiger partial charge in [-0.1, -0.05) is 29.8 Å². The highest BCUT2D eigenvalue weighted by Crippen LogP contribution is 2.18. The van der Waals surface area contributed by atoms with Gasteiger partial charge in [-0.25, -0.2) is 0 Å². The lowest BCUT2D eigenvalue weighted by molar-refractivity contribution is -0.122. The number of piperidine rings is 1. The van der Waals surface area contributed by atoms with Gasteiger partial charge in [0.1, 0.15) is 0 Å². The van der Waals surface area contributed by atoms with Gasteiger partial charge in [0.15, 0.2) is 0 Å². The molecule has 1 fully saturated rings. The van der Waals surface area contributed by atoms with Gasteiger partial charge >= 0.3 is 0 Å². The molecule has 1 aromatic carbocycles. The molecule has 4 nitrogen and oxygen atoms in total. The van der Waals surface area contributed by atoms with E-state index in [9.17, 15) is 4.79 Å². The first-order valence-corrected chi connectivity index (χ1v) is 8.24. The van der Waals surface area contributed by atoms with Crippen molar-refractivity contribution < 1.29 is 4.79 Å². The van der Waals surface area contributed by atoms with Crippen LogP contribution in [0, 0.1) is 12.8 Å². The Kier molecular flexibility index (Phi) is 6.40. The van der Waals surface area contributed by atoms with E-state index in [1.54, 1.807) is 7.05 Å². The van der Waals surface area contributed by atoms with Crippen molar-refractivity contribution in [1.29, 1.82) is 0 Å². The van der Waals surface area contributed by atoms with Crippen LogP contribution in [-0.2, 0) is 11.3 Å². The molecule has 1 heterocycles. The molecule has 122 valence electrons. The summed E-state index contributed by atoms with van der Waals surface area (Å²) in [5, 5.41) is 2.70. The lowest BCUT2D eigenvalue weighted by Crippen LogP contribution is -2.42. The summed E-state index contributed by atoms with van der Waals surface area (Å²) in [7, 11) is 3.91. The molecule has 0 saturated carbocycles. The maximum absolute atomic E-state index is 11.4. The molecule has 1 saturated heterocycles. The van der Waals surface area contributed by atoms with Gasteiger partial charge in [-0.05, 0) is 51.4 Å². The summed E-state index contributed by atoms with van der Waals surface area (Å²) in [5.41, 5.74) is 2.69. The second-order valence-electron chi connectivity index (χ2n) is 6.58. The van der Waals surface area contributed by atoms with Crippen LogP contribution in [0.3, 0.4) is 0 Å². The average Bonchev–Trinajstić information content (AvgIpc) is 2.51. The van der Waals surface area contributed by atoms with Crippen molar-refractivity contribution >= 4 is 5.91 Å². The molecule has 0 spiro atoms. The van der Waals surface area contributed by atoms with Gasteiger partial charge in [0.25, 0.3) is 0 Å². The summed E-state index contributed by atoms with van der Waals surface area (Å²) in [6, 6.07) is 8.80. The number of likely N-dealkylation sites (N-methyl/N-ethyl adjacent to an activating group) is 1. The molecular weight excluding hydrogens is 274 g/mol. The minimum absolute atomic E-state index is 0.120. The number of nitrogens with zero attached hydrogens (tertiary/aromatic N) is 2. The number of hydrogen-bond acceptors (Lipinski definition) is 3. The van der Waals surface area contributed by atoms with Crippen LogP contribution in [0.25, 0.3) is 0 Å². The van der Waals surface area contributed by atoms with E-state index in [0.29, 0.717) is 6.54 Å². The van der Waals surface area contributed by atoms with Crippen LogP contribution in [0.5, 0.6) is 0 Å². The number of rotatable bonds is 6. The molecule has 1 aliphatic heterocycles. The van der Waals surface area contributed by atoms with Crippen LogP contribution in [0.2, 0.25) is 0 Å². The number of carbonyl (C=O) groups is 1. The third-order valence-corrected chi connectivity index (χ3v) is 4.50. The van der Waals surface area contributed by atoms with E-state index < -0.39 is 0 Å². The summed E-state index contributed by atoms with van der Waals surface area (Å²) in [5.74, 6) is 0.867. The Labute approximate surface area is 134 Å². The van der Waals surface area contributed by atoms with Crippen molar-refractivity contribution in [3.8, 4) is 0 Å². The summed E-state index contributed by atoms with van der Waals surface area (Å²) >= 11 is 0. The van der Waals surface area contributed by atoms with Crippen molar-refractivity contribution in [2.24, 2.45) is 5.92 Å². The smallest absolute Gasteiger partial charge is 0.233 e. The number of benzene rings is 1. The van der Waals surface area contributed by atoms with Crippen LogP contribution in [-0.4, -0.2) is 56.0 Å². The molecule has 1 aliphatic rings. The van der Waals surface area contributed by atoms with Crippen LogP contribution in [0.1, 0.15) is 24.0 Å². The Bertz CT molecular complexity index is 464. The Morgan fingerprint density at radius 2 is 1.91 bits per heavy atom. The van der Waals surface area contributed by atoms with E-state index in [-0.39, 0.29) is 5.91 Å². The molecule has 4 heteroatoms. The van der Waals surface area contributed by atoms with Crippen molar-refractivity contribution in [1.82, 2.24) is 15.1 Å². The minimum atomic E-state index is 0.120. The molecule has 0 aromatic heterocycles. The van der Waals surface area contributed by atoms with Gasteiger partial charge in [0.05, 0.1) is 6.54 Å². The van der Waals surface area contributed by atoms with Crippen molar-refractivity contribution in [2.45, 2.75) is 26.3 Å². The largest absolute Gasteiger partial charge is 0.358 e. The van der Waals surface area contributed by atoms with Gasteiger partial charge in [0, 0.05) is 20.1 Å². The number of nitrogens with one attached hydrogen (secondary N) is 1. The number of amides is 1. The molecule has 1 N–H and O–H groups in total. The highest BCUT2D eigenvalue weighted by molar-refractivity contribution is 5.77. The maximum atomic E-state index is 11.4. The highest BCUT2D eigenvalue weighted by atomic mass is 16.1. The molecule has 1 amide bonds. The SMILES string of the molecule is CNC(=O)CN1CCC(CN(C)Cc2ccc(C)cc2)CC1. The quantitative estimate of drug-likeness (QED) is 0.872. The molecule has 0 atom stereocenters.